The lowest BCUT2D eigenvalue weighted by Gasteiger charge is -2.32. The van der Waals surface area contributed by atoms with Crippen LogP contribution < -0.4 is 16.0 Å². The molecule has 0 aliphatic carbocycles. The average Bonchev–Trinajstić information content (AvgIpc) is 2.66. The molecule has 0 bridgehead atoms. The molecule has 0 atom stereocenters. The number of aliphatic imine (C=N–C) groups is 1. The maximum atomic E-state index is 11.4. The normalized spacial score (nSPS) is 16.1. The monoisotopic (exact) mass is 342 g/mol. The van der Waals surface area contributed by atoms with Crippen molar-refractivity contribution in [2.24, 2.45) is 4.99 Å². The molecule has 7 nitrogen and oxygen atoms in total. The largest absolute Gasteiger partial charge is 0.358 e. The number of amides is 1. The van der Waals surface area contributed by atoms with Crippen LogP contribution in [0, 0.1) is 11.3 Å². The molecule has 134 valence electrons. The van der Waals surface area contributed by atoms with Gasteiger partial charge in [-0.25, -0.2) is 0 Å². The molecule has 25 heavy (non-hydrogen) atoms. The molecule has 1 fully saturated rings. The van der Waals surface area contributed by atoms with Crippen LogP contribution in [0.15, 0.2) is 29.3 Å². The smallest absolute Gasteiger partial charge is 0.233 e. The van der Waals surface area contributed by atoms with Crippen molar-refractivity contribution in [2.45, 2.75) is 25.4 Å². The second kappa shape index (κ2) is 9.64. The molecule has 2 rings (SSSR count). The zero-order chi connectivity index (χ0) is 18.1. The molecule has 1 aromatic rings. The van der Waals surface area contributed by atoms with Gasteiger partial charge in [0.25, 0.3) is 0 Å². The number of carbonyl (C=O) groups excluding carboxylic acids is 1. The van der Waals surface area contributed by atoms with E-state index in [0.717, 1.165) is 37.5 Å². The zero-order valence-corrected chi connectivity index (χ0v) is 14.9. The number of rotatable bonds is 5. The molecule has 0 unspecified atom stereocenters. The van der Waals surface area contributed by atoms with Crippen LogP contribution in [0.3, 0.4) is 0 Å². The Morgan fingerprint density at radius 2 is 2.00 bits per heavy atom. The van der Waals surface area contributed by atoms with Gasteiger partial charge in [-0.1, -0.05) is 12.1 Å². The van der Waals surface area contributed by atoms with E-state index in [1.54, 1.807) is 14.1 Å². The fourth-order valence-corrected chi connectivity index (χ4v) is 2.79. The van der Waals surface area contributed by atoms with Gasteiger partial charge in [0.2, 0.25) is 5.91 Å². The minimum atomic E-state index is 0.0614. The highest BCUT2D eigenvalue weighted by molar-refractivity contribution is 5.80. The van der Waals surface area contributed by atoms with Gasteiger partial charge in [-0.3, -0.25) is 14.7 Å². The number of hydrogen-bond donors (Lipinski definition) is 3. The number of likely N-dealkylation sites (N-methyl/N-ethyl adjacent to an activating group) is 1. The number of hydrogen-bond acceptors (Lipinski definition) is 4. The van der Waals surface area contributed by atoms with Gasteiger partial charge in [-0.05, 0) is 30.5 Å². The van der Waals surface area contributed by atoms with Crippen molar-refractivity contribution in [1.29, 1.82) is 5.26 Å². The number of carbonyl (C=O) groups is 1. The maximum Gasteiger partial charge on any atom is 0.233 e. The number of benzene rings is 1. The summed E-state index contributed by atoms with van der Waals surface area (Å²) in [6.45, 7) is 2.92. The molecule has 3 N–H and O–H groups in total. The van der Waals surface area contributed by atoms with Gasteiger partial charge >= 0.3 is 0 Å². The minimum Gasteiger partial charge on any atom is -0.358 e. The molecule has 0 saturated carbocycles. The highest BCUT2D eigenvalue weighted by atomic mass is 16.1. The van der Waals surface area contributed by atoms with E-state index in [2.05, 4.69) is 31.9 Å². The van der Waals surface area contributed by atoms with Crippen molar-refractivity contribution in [1.82, 2.24) is 20.9 Å². The maximum absolute atomic E-state index is 11.4. The van der Waals surface area contributed by atoms with Gasteiger partial charge in [-0.15, -0.1) is 0 Å². The van der Waals surface area contributed by atoms with Crippen LogP contribution in [0.1, 0.15) is 24.0 Å². The molecular weight excluding hydrogens is 316 g/mol. The number of likely N-dealkylation sites (tertiary alicyclic amines) is 1. The van der Waals surface area contributed by atoms with E-state index in [4.69, 9.17) is 5.26 Å². The molecule has 1 saturated heterocycles. The van der Waals surface area contributed by atoms with Crippen LogP contribution in [-0.2, 0) is 11.3 Å². The molecule has 0 radical (unpaired) electrons. The van der Waals surface area contributed by atoms with Crippen molar-refractivity contribution in [3.63, 3.8) is 0 Å². The Morgan fingerprint density at radius 1 is 1.32 bits per heavy atom. The van der Waals surface area contributed by atoms with Crippen molar-refractivity contribution < 1.29 is 4.79 Å². The summed E-state index contributed by atoms with van der Waals surface area (Å²) >= 11 is 0. The summed E-state index contributed by atoms with van der Waals surface area (Å²) in [5.41, 5.74) is 1.76. The summed E-state index contributed by atoms with van der Waals surface area (Å²) in [7, 11) is 3.43. The summed E-state index contributed by atoms with van der Waals surface area (Å²) in [5, 5.41) is 18.2. The van der Waals surface area contributed by atoms with Crippen molar-refractivity contribution in [2.75, 3.05) is 33.7 Å². The number of piperidine rings is 1. The van der Waals surface area contributed by atoms with Crippen molar-refractivity contribution >= 4 is 11.9 Å². The molecule has 1 aliphatic heterocycles. The summed E-state index contributed by atoms with van der Waals surface area (Å²) in [6.07, 6.45) is 1.96. The zero-order valence-electron chi connectivity index (χ0n) is 14.9. The third-order valence-electron chi connectivity index (χ3n) is 4.34. The SMILES string of the molecule is CN=C(NCc1ccc(C#N)cc1)NC1CCN(CC(=O)NC)CC1. The van der Waals surface area contributed by atoms with E-state index in [-0.39, 0.29) is 5.91 Å². The molecule has 1 aromatic carbocycles. The quantitative estimate of drug-likeness (QED) is 0.533. The Hall–Kier alpha value is -2.59. The van der Waals surface area contributed by atoms with Gasteiger partial charge in [0.1, 0.15) is 0 Å². The number of nitrogens with zero attached hydrogens (tertiary/aromatic N) is 3. The third kappa shape index (κ3) is 6.08. The second-order valence-electron chi connectivity index (χ2n) is 6.10. The lowest BCUT2D eigenvalue weighted by Crippen LogP contribution is -2.49. The molecule has 1 heterocycles. The van der Waals surface area contributed by atoms with Crippen molar-refractivity contribution in [3.8, 4) is 6.07 Å². The number of nitrogens with one attached hydrogen (secondary N) is 3. The van der Waals surface area contributed by atoms with Crippen LogP contribution in [0.2, 0.25) is 0 Å². The van der Waals surface area contributed by atoms with E-state index in [9.17, 15) is 4.79 Å². The highest BCUT2D eigenvalue weighted by Crippen LogP contribution is 2.10. The predicted molar refractivity (Wildman–Crippen MR) is 98.0 cm³/mol. The van der Waals surface area contributed by atoms with Crippen LogP contribution in [-0.4, -0.2) is 56.5 Å². The molecule has 0 spiro atoms. The average molecular weight is 342 g/mol. The molecular formula is C18H26N6O. The fraction of sp³-hybridized carbons (Fsp3) is 0.500. The molecule has 7 heteroatoms. The Bertz CT molecular complexity index is 626. The van der Waals surface area contributed by atoms with Gasteiger partial charge in [0.05, 0.1) is 18.2 Å². The topological polar surface area (TPSA) is 92.6 Å². The van der Waals surface area contributed by atoms with E-state index in [1.165, 1.54) is 0 Å². The Labute approximate surface area is 149 Å². The third-order valence-corrected chi connectivity index (χ3v) is 4.34. The summed E-state index contributed by atoms with van der Waals surface area (Å²) < 4.78 is 0. The Morgan fingerprint density at radius 3 is 2.56 bits per heavy atom. The first-order valence-corrected chi connectivity index (χ1v) is 8.53. The Kier molecular flexibility index (Phi) is 7.23. The first kappa shape index (κ1) is 18.7. The molecule has 1 amide bonds. The van der Waals surface area contributed by atoms with Gasteiger partial charge < -0.3 is 16.0 Å². The first-order chi connectivity index (χ1) is 12.1. The van der Waals surface area contributed by atoms with Crippen LogP contribution in [0.4, 0.5) is 0 Å². The van der Waals surface area contributed by atoms with Gasteiger partial charge in [0, 0.05) is 39.8 Å². The van der Waals surface area contributed by atoms with E-state index in [1.807, 2.05) is 24.3 Å². The summed E-state index contributed by atoms with van der Waals surface area (Å²) in [5.74, 6) is 0.834. The number of guanidine groups is 1. The highest BCUT2D eigenvalue weighted by Gasteiger charge is 2.21. The van der Waals surface area contributed by atoms with E-state index in [0.29, 0.717) is 24.7 Å². The van der Waals surface area contributed by atoms with Gasteiger partial charge in [-0.2, -0.15) is 5.26 Å². The first-order valence-electron chi connectivity index (χ1n) is 8.53. The Balaban J connectivity index is 1.75. The lowest BCUT2D eigenvalue weighted by molar-refractivity contribution is -0.122. The second-order valence-corrected chi connectivity index (χ2v) is 6.10. The summed E-state index contributed by atoms with van der Waals surface area (Å²) in [4.78, 5) is 17.9. The van der Waals surface area contributed by atoms with Crippen LogP contribution in [0.25, 0.3) is 0 Å². The lowest BCUT2D eigenvalue weighted by atomic mass is 10.1. The minimum absolute atomic E-state index is 0.0614. The summed E-state index contributed by atoms with van der Waals surface area (Å²) in [6, 6.07) is 9.98. The molecule has 0 aromatic heterocycles. The number of nitriles is 1. The van der Waals surface area contributed by atoms with Gasteiger partial charge in [0.15, 0.2) is 5.96 Å². The van der Waals surface area contributed by atoms with Crippen molar-refractivity contribution in [3.05, 3.63) is 35.4 Å². The standard InChI is InChI=1S/C18H26N6O/c1-20-17(25)13-24-9-7-16(8-10-24)23-18(21-2)22-12-15-5-3-14(11-19)4-6-15/h3-6,16H,7-10,12-13H2,1-2H3,(H,20,25)(H2,21,22,23). The van der Waals surface area contributed by atoms with Crippen LogP contribution in [0.5, 0.6) is 0 Å². The van der Waals surface area contributed by atoms with E-state index >= 15 is 0 Å². The molecule has 1 aliphatic rings. The predicted octanol–water partition coefficient (Wildman–Crippen LogP) is 0.434. The van der Waals surface area contributed by atoms with E-state index < -0.39 is 0 Å². The fourth-order valence-electron chi connectivity index (χ4n) is 2.79. The van der Waals surface area contributed by atoms with Crippen LogP contribution >= 0.6 is 0 Å².